The fourth-order valence-corrected chi connectivity index (χ4v) is 1.19. The van der Waals surface area contributed by atoms with Crippen LogP contribution in [0.2, 0.25) is 0 Å². The van der Waals surface area contributed by atoms with E-state index >= 15 is 0 Å². The van der Waals surface area contributed by atoms with Crippen molar-refractivity contribution in [1.82, 2.24) is 0 Å². The minimum atomic E-state index is -4.81. The molecule has 1 aromatic rings. The first-order valence-electron chi connectivity index (χ1n) is 5.24. The van der Waals surface area contributed by atoms with Crippen LogP contribution in [0.3, 0.4) is 0 Å². The van der Waals surface area contributed by atoms with Gasteiger partial charge in [-0.05, 0) is 18.6 Å². The lowest BCUT2D eigenvalue weighted by molar-refractivity contribution is -0.274. The number of ether oxygens (including phenoxy) is 1. The zero-order valence-electron chi connectivity index (χ0n) is 9.62. The summed E-state index contributed by atoms with van der Waals surface area (Å²) in [5.74, 6) is -1.03. The van der Waals surface area contributed by atoms with Crippen molar-refractivity contribution in [2.45, 2.75) is 25.7 Å². The highest BCUT2D eigenvalue weighted by Gasteiger charge is 2.32. The van der Waals surface area contributed by atoms with Crippen molar-refractivity contribution in [2.24, 2.45) is 5.73 Å². The number of hydrogen-bond acceptors (Lipinski definition) is 3. The highest BCUT2D eigenvalue weighted by molar-refractivity contribution is 5.95. The van der Waals surface area contributed by atoms with Gasteiger partial charge in [0, 0.05) is 0 Å². The van der Waals surface area contributed by atoms with Gasteiger partial charge in [0.05, 0.1) is 11.7 Å². The predicted octanol–water partition coefficient (Wildman–Crippen LogP) is 2.26. The van der Waals surface area contributed by atoms with Gasteiger partial charge in [-0.3, -0.25) is 4.79 Å². The number of nitrogens with two attached hydrogens (primary N) is 1. The van der Waals surface area contributed by atoms with Crippen LogP contribution in [-0.4, -0.2) is 18.3 Å². The van der Waals surface area contributed by atoms with Gasteiger partial charge in [0.2, 0.25) is 5.91 Å². The van der Waals surface area contributed by atoms with Crippen LogP contribution in [-0.2, 0) is 4.79 Å². The van der Waals surface area contributed by atoms with Gasteiger partial charge in [-0.1, -0.05) is 19.1 Å². The Hall–Kier alpha value is -1.76. The number of halogens is 3. The van der Waals surface area contributed by atoms with Crippen LogP contribution >= 0.6 is 0 Å². The van der Waals surface area contributed by atoms with Gasteiger partial charge in [-0.25, -0.2) is 0 Å². The van der Waals surface area contributed by atoms with E-state index in [4.69, 9.17) is 5.73 Å². The second-order valence-electron chi connectivity index (χ2n) is 3.55. The van der Waals surface area contributed by atoms with E-state index in [1.54, 1.807) is 6.92 Å². The van der Waals surface area contributed by atoms with Gasteiger partial charge < -0.3 is 15.8 Å². The SMILES string of the molecule is CC[C@H](N)C(=O)Nc1ccccc1OC(F)(F)F. The molecule has 0 spiro atoms. The third-order valence-electron chi connectivity index (χ3n) is 2.15. The number of nitrogens with one attached hydrogen (secondary N) is 1. The van der Waals surface area contributed by atoms with Gasteiger partial charge in [-0.15, -0.1) is 13.2 Å². The van der Waals surface area contributed by atoms with Crippen LogP contribution in [0.4, 0.5) is 18.9 Å². The van der Waals surface area contributed by atoms with Crippen molar-refractivity contribution in [3.05, 3.63) is 24.3 Å². The maximum Gasteiger partial charge on any atom is 0.573 e. The molecule has 1 rings (SSSR count). The van der Waals surface area contributed by atoms with Crippen molar-refractivity contribution in [3.8, 4) is 5.75 Å². The minimum Gasteiger partial charge on any atom is -0.404 e. The molecule has 0 aliphatic rings. The molecule has 0 fully saturated rings. The van der Waals surface area contributed by atoms with E-state index in [-0.39, 0.29) is 5.69 Å². The van der Waals surface area contributed by atoms with E-state index in [9.17, 15) is 18.0 Å². The van der Waals surface area contributed by atoms with Gasteiger partial charge >= 0.3 is 6.36 Å². The van der Waals surface area contributed by atoms with Crippen LogP contribution in [0.5, 0.6) is 5.75 Å². The standard InChI is InChI=1S/C11H13F3N2O2/c1-2-7(15)10(17)16-8-5-3-4-6-9(8)18-11(12,13)14/h3-7H,2,15H2,1H3,(H,16,17)/t7-/m0/s1. The number of anilines is 1. The van der Waals surface area contributed by atoms with Crippen molar-refractivity contribution >= 4 is 11.6 Å². The number of hydrogen-bond donors (Lipinski definition) is 2. The Kier molecular flexibility index (Phi) is 4.55. The quantitative estimate of drug-likeness (QED) is 0.874. The van der Waals surface area contributed by atoms with Crippen LogP contribution < -0.4 is 15.8 Å². The Morgan fingerprint density at radius 1 is 1.44 bits per heavy atom. The number of carbonyl (C=O) groups is 1. The Balaban J connectivity index is 2.86. The summed E-state index contributed by atoms with van der Waals surface area (Å²) in [7, 11) is 0. The zero-order chi connectivity index (χ0) is 13.8. The monoisotopic (exact) mass is 262 g/mol. The van der Waals surface area contributed by atoms with Crippen LogP contribution in [0, 0.1) is 0 Å². The Labute approximate surface area is 102 Å². The smallest absolute Gasteiger partial charge is 0.404 e. The number of amides is 1. The Morgan fingerprint density at radius 3 is 2.61 bits per heavy atom. The molecule has 0 heterocycles. The highest BCUT2D eigenvalue weighted by Crippen LogP contribution is 2.29. The number of para-hydroxylation sites is 2. The van der Waals surface area contributed by atoms with Gasteiger partial charge in [0.25, 0.3) is 0 Å². The lowest BCUT2D eigenvalue weighted by atomic mass is 10.2. The molecule has 100 valence electrons. The molecular weight excluding hydrogens is 249 g/mol. The first-order chi connectivity index (χ1) is 8.33. The molecule has 0 radical (unpaired) electrons. The summed E-state index contributed by atoms with van der Waals surface area (Å²) in [4.78, 5) is 11.5. The molecule has 0 saturated carbocycles. The molecule has 0 aromatic heterocycles. The summed E-state index contributed by atoms with van der Waals surface area (Å²) >= 11 is 0. The van der Waals surface area contributed by atoms with Gasteiger partial charge in [-0.2, -0.15) is 0 Å². The fourth-order valence-electron chi connectivity index (χ4n) is 1.19. The molecule has 3 N–H and O–H groups in total. The lowest BCUT2D eigenvalue weighted by Gasteiger charge is -2.15. The maximum absolute atomic E-state index is 12.1. The number of rotatable bonds is 4. The second-order valence-corrected chi connectivity index (χ2v) is 3.55. The molecule has 0 unspecified atom stereocenters. The molecule has 7 heteroatoms. The van der Waals surface area contributed by atoms with E-state index in [0.717, 1.165) is 6.07 Å². The van der Waals surface area contributed by atoms with Crippen LogP contribution in [0.25, 0.3) is 0 Å². The van der Waals surface area contributed by atoms with Crippen molar-refractivity contribution in [1.29, 1.82) is 0 Å². The number of alkyl halides is 3. The first-order valence-corrected chi connectivity index (χ1v) is 5.24. The van der Waals surface area contributed by atoms with E-state index in [1.807, 2.05) is 0 Å². The Morgan fingerprint density at radius 2 is 2.06 bits per heavy atom. The molecule has 0 bridgehead atoms. The molecule has 0 aliphatic heterocycles. The lowest BCUT2D eigenvalue weighted by Crippen LogP contribution is -2.35. The normalized spacial score (nSPS) is 12.9. The third kappa shape index (κ3) is 4.25. The van der Waals surface area contributed by atoms with Crippen LogP contribution in [0.1, 0.15) is 13.3 Å². The molecular formula is C11H13F3N2O2. The van der Waals surface area contributed by atoms with Crippen molar-refractivity contribution in [2.75, 3.05) is 5.32 Å². The molecule has 0 aliphatic carbocycles. The molecule has 1 aromatic carbocycles. The van der Waals surface area contributed by atoms with Crippen molar-refractivity contribution in [3.63, 3.8) is 0 Å². The minimum absolute atomic E-state index is 0.0660. The molecule has 1 amide bonds. The fraction of sp³-hybridized carbons (Fsp3) is 0.364. The first kappa shape index (κ1) is 14.3. The maximum atomic E-state index is 12.1. The van der Waals surface area contributed by atoms with Gasteiger partial charge in [0.15, 0.2) is 5.75 Å². The van der Waals surface area contributed by atoms with E-state index in [0.29, 0.717) is 6.42 Å². The van der Waals surface area contributed by atoms with Crippen LogP contribution in [0.15, 0.2) is 24.3 Å². The summed E-state index contributed by atoms with van der Waals surface area (Å²) < 4.78 is 40.2. The summed E-state index contributed by atoms with van der Waals surface area (Å²) in [6.07, 6.45) is -4.43. The second kappa shape index (κ2) is 5.72. The summed E-state index contributed by atoms with van der Waals surface area (Å²) in [5.41, 5.74) is 5.40. The topological polar surface area (TPSA) is 64.4 Å². The molecule has 0 saturated heterocycles. The van der Waals surface area contributed by atoms with E-state index in [1.165, 1.54) is 18.2 Å². The third-order valence-corrected chi connectivity index (χ3v) is 2.15. The Bertz CT molecular complexity index is 421. The highest BCUT2D eigenvalue weighted by atomic mass is 19.4. The van der Waals surface area contributed by atoms with E-state index < -0.39 is 24.1 Å². The van der Waals surface area contributed by atoms with E-state index in [2.05, 4.69) is 10.1 Å². The molecule has 4 nitrogen and oxygen atoms in total. The average molecular weight is 262 g/mol. The van der Waals surface area contributed by atoms with Gasteiger partial charge in [0.1, 0.15) is 0 Å². The predicted molar refractivity (Wildman–Crippen MR) is 60.0 cm³/mol. The summed E-state index contributed by atoms with van der Waals surface area (Å²) in [6, 6.07) is 4.50. The average Bonchev–Trinajstić information content (AvgIpc) is 2.28. The molecule has 18 heavy (non-hydrogen) atoms. The summed E-state index contributed by atoms with van der Waals surface area (Å²) in [5, 5.41) is 2.29. The van der Waals surface area contributed by atoms with Crippen molar-refractivity contribution < 1.29 is 22.7 Å². The molecule has 1 atom stereocenters. The largest absolute Gasteiger partial charge is 0.573 e. The number of carbonyl (C=O) groups excluding carboxylic acids is 1. The zero-order valence-corrected chi connectivity index (χ0v) is 9.62. The number of benzene rings is 1. The summed E-state index contributed by atoms with van der Waals surface area (Å²) in [6.45, 7) is 1.70.